The molecular formula is C12H15N3O. The zero-order chi connectivity index (χ0) is 11.2. The van der Waals surface area contributed by atoms with E-state index in [0.29, 0.717) is 0 Å². The Morgan fingerprint density at radius 3 is 2.75 bits per heavy atom. The molecule has 4 heteroatoms. The first-order chi connectivity index (χ1) is 7.88. The summed E-state index contributed by atoms with van der Waals surface area (Å²) in [6.45, 7) is 3.53. The molecule has 84 valence electrons. The van der Waals surface area contributed by atoms with Gasteiger partial charge in [0, 0.05) is 19.2 Å². The lowest BCUT2D eigenvalue weighted by atomic mass is 10.3. The minimum atomic E-state index is 0.726. The average Bonchev–Trinajstić information content (AvgIpc) is 2.78. The smallest absolute Gasteiger partial charge is 0.117 e. The van der Waals surface area contributed by atoms with Crippen LogP contribution in [0, 0.1) is 0 Å². The van der Waals surface area contributed by atoms with Gasteiger partial charge in [0.2, 0.25) is 0 Å². The van der Waals surface area contributed by atoms with Crippen molar-refractivity contribution < 1.29 is 4.42 Å². The minimum Gasteiger partial charge on any atom is -0.465 e. The van der Waals surface area contributed by atoms with Gasteiger partial charge < -0.3 is 9.73 Å². The molecule has 1 N–H and O–H groups in total. The lowest BCUT2D eigenvalue weighted by Gasteiger charge is -2.01. The van der Waals surface area contributed by atoms with Crippen LogP contribution in [0.15, 0.2) is 35.1 Å². The van der Waals surface area contributed by atoms with Crippen LogP contribution in [0.25, 0.3) is 0 Å². The molecule has 0 bridgehead atoms. The van der Waals surface area contributed by atoms with Crippen molar-refractivity contribution in [2.24, 2.45) is 0 Å². The van der Waals surface area contributed by atoms with Gasteiger partial charge in [0.25, 0.3) is 0 Å². The number of aryl methyl sites for hydroxylation is 1. The minimum absolute atomic E-state index is 0.726. The van der Waals surface area contributed by atoms with Crippen LogP contribution in [0.1, 0.15) is 24.1 Å². The van der Waals surface area contributed by atoms with Crippen molar-refractivity contribution in [3.63, 3.8) is 0 Å². The van der Waals surface area contributed by atoms with Gasteiger partial charge >= 0.3 is 0 Å². The summed E-state index contributed by atoms with van der Waals surface area (Å²) in [5.41, 5.74) is 0.984. The zero-order valence-electron chi connectivity index (χ0n) is 9.31. The number of aromatic nitrogens is 2. The van der Waals surface area contributed by atoms with Gasteiger partial charge in [0.15, 0.2) is 0 Å². The second-order valence-corrected chi connectivity index (χ2v) is 3.53. The summed E-state index contributed by atoms with van der Waals surface area (Å²) >= 11 is 0. The number of rotatable bonds is 5. The van der Waals surface area contributed by atoms with Gasteiger partial charge in [-0.05, 0) is 18.2 Å². The molecule has 0 aliphatic heterocycles. The van der Waals surface area contributed by atoms with E-state index in [1.54, 1.807) is 12.5 Å². The maximum Gasteiger partial charge on any atom is 0.117 e. The lowest BCUT2D eigenvalue weighted by Crippen LogP contribution is -2.13. The maximum atomic E-state index is 5.58. The quantitative estimate of drug-likeness (QED) is 0.831. The normalized spacial score (nSPS) is 10.6. The molecule has 16 heavy (non-hydrogen) atoms. The van der Waals surface area contributed by atoms with Crippen LogP contribution in [0.4, 0.5) is 0 Å². The predicted octanol–water partition coefficient (Wildman–Crippen LogP) is 1.92. The molecule has 2 rings (SSSR count). The summed E-state index contributed by atoms with van der Waals surface area (Å²) < 4.78 is 5.58. The van der Waals surface area contributed by atoms with Gasteiger partial charge in [0.1, 0.15) is 17.8 Å². The first kappa shape index (κ1) is 10.8. The standard InChI is InChI=1S/C12H15N3O/c1-2-11-3-4-12(16-11)8-14-7-10-5-6-13-9-15-10/h3-6,9,14H,2,7-8H2,1H3. The molecule has 2 aromatic heterocycles. The van der Waals surface area contributed by atoms with Gasteiger partial charge in [0.05, 0.1) is 12.2 Å². The third-order valence-corrected chi connectivity index (χ3v) is 2.31. The van der Waals surface area contributed by atoms with Crippen LogP contribution >= 0.6 is 0 Å². The molecule has 2 aromatic rings. The molecule has 0 saturated heterocycles. The highest BCUT2D eigenvalue weighted by Gasteiger charge is 2.00. The van der Waals surface area contributed by atoms with Gasteiger partial charge in [-0.25, -0.2) is 9.97 Å². The van der Waals surface area contributed by atoms with E-state index in [1.807, 2.05) is 18.2 Å². The molecule has 0 amide bonds. The van der Waals surface area contributed by atoms with E-state index >= 15 is 0 Å². The van der Waals surface area contributed by atoms with Crippen LogP contribution < -0.4 is 5.32 Å². The third kappa shape index (κ3) is 2.90. The van der Waals surface area contributed by atoms with Crippen LogP contribution in [-0.2, 0) is 19.5 Å². The highest BCUT2D eigenvalue weighted by atomic mass is 16.3. The van der Waals surface area contributed by atoms with Gasteiger partial charge in [-0.15, -0.1) is 0 Å². The van der Waals surface area contributed by atoms with Crippen molar-refractivity contribution in [1.29, 1.82) is 0 Å². The van der Waals surface area contributed by atoms with Gasteiger partial charge in [-0.3, -0.25) is 0 Å². The topological polar surface area (TPSA) is 51.0 Å². The first-order valence-electron chi connectivity index (χ1n) is 5.41. The van der Waals surface area contributed by atoms with E-state index in [1.165, 1.54) is 0 Å². The molecule has 0 aromatic carbocycles. The van der Waals surface area contributed by atoms with Crippen molar-refractivity contribution in [2.45, 2.75) is 26.4 Å². The molecule has 0 spiro atoms. The SMILES string of the molecule is CCc1ccc(CNCc2ccncn2)o1. The fourth-order valence-electron chi connectivity index (χ4n) is 1.44. The maximum absolute atomic E-state index is 5.58. The van der Waals surface area contributed by atoms with Crippen molar-refractivity contribution in [3.05, 3.63) is 47.9 Å². The van der Waals surface area contributed by atoms with E-state index < -0.39 is 0 Å². The number of nitrogens with one attached hydrogen (secondary N) is 1. The van der Waals surface area contributed by atoms with Crippen molar-refractivity contribution in [1.82, 2.24) is 15.3 Å². The summed E-state index contributed by atoms with van der Waals surface area (Å²) in [5.74, 6) is 1.99. The summed E-state index contributed by atoms with van der Waals surface area (Å²) in [5, 5.41) is 3.27. The molecule has 2 heterocycles. The Balaban J connectivity index is 1.80. The van der Waals surface area contributed by atoms with Crippen molar-refractivity contribution in [2.75, 3.05) is 0 Å². The Hall–Kier alpha value is -1.68. The Bertz CT molecular complexity index is 425. The largest absolute Gasteiger partial charge is 0.465 e. The van der Waals surface area contributed by atoms with Crippen LogP contribution in [0.3, 0.4) is 0 Å². The molecule has 0 atom stereocenters. The fourth-order valence-corrected chi connectivity index (χ4v) is 1.44. The van der Waals surface area contributed by atoms with Crippen LogP contribution in [0.2, 0.25) is 0 Å². The molecular weight excluding hydrogens is 202 g/mol. The molecule has 4 nitrogen and oxygen atoms in total. The summed E-state index contributed by atoms with van der Waals surface area (Å²) in [6, 6.07) is 5.92. The first-order valence-corrected chi connectivity index (χ1v) is 5.41. The zero-order valence-corrected chi connectivity index (χ0v) is 9.31. The van der Waals surface area contributed by atoms with E-state index in [2.05, 4.69) is 22.2 Å². The average molecular weight is 217 g/mol. The Morgan fingerprint density at radius 2 is 2.06 bits per heavy atom. The summed E-state index contributed by atoms with van der Waals surface area (Å²) in [6.07, 6.45) is 4.23. The Labute approximate surface area is 94.7 Å². The molecule has 0 unspecified atom stereocenters. The number of hydrogen-bond donors (Lipinski definition) is 1. The number of furan rings is 1. The molecule has 0 aliphatic rings. The lowest BCUT2D eigenvalue weighted by molar-refractivity contribution is 0.449. The van der Waals surface area contributed by atoms with Crippen molar-refractivity contribution >= 4 is 0 Å². The molecule has 0 saturated carbocycles. The molecule has 0 aliphatic carbocycles. The van der Waals surface area contributed by atoms with E-state index in [4.69, 9.17) is 4.42 Å². The fraction of sp³-hybridized carbons (Fsp3) is 0.333. The van der Waals surface area contributed by atoms with E-state index in [9.17, 15) is 0 Å². The second kappa shape index (κ2) is 5.42. The van der Waals surface area contributed by atoms with Gasteiger partial charge in [-0.2, -0.15) is 0 Å². The molecule has 0 fully saturated rings. The van der Waals surface area contributed by atoms with Crippen LogP contribution in [-0.4, -0.2) is 9.97 Å². The Kier molecular flexibility index (Phi) is 3.66. The van der Waals surface area contributed by atoms with Crippen molar-refractivity contribution in [3.8, 4) is 0 Å². The summed E-state index contributed by atoms with van der Waals surface area (Å²) in [7, 11) is 0. The van der Waals surface area contributed by atoms with E-state index in [-0.39, 0.29) is 0 Å². The van der Waals surface area contributed by atoms with Crippen LogP contribution in [0.5, 0.6) is 0 Å². The van der Waals surface area contributed by atoms with E-state index in [0.717, 1.165) is 36.7 Å². The Morgan fingerprint density at radius 1 is 1.19 bits per heavy atom. The third-order valence-electron chi connectivity index (χ3n) is 2.31. The van der Waals surface area contributed by atoms with Gasteiger partial charge in [-0.1, -0.05) is 6.92 Å². The summed E-state index contributed by atoms with van der Waals surface area (Å²) in [4.78, 5) is 8.00. The second-order valence-electron chi connectivity index (χ2n) is 3.53. The molecule has 0 radical (unpaired) electrons. The number of hydrogen-bond acceptors (Lipinski definition) is 4. The highest BCUT2D eigenvalue weighted by molar-refractivity contribution is 5.07. The highest BCUT2D eigenvalue weighted by Crippen LogP contribution is 2.07. The predicted molar refractivity (Wildman–Crippen MR) is 60.7 cm³/mol. The monoisotopic (exact) mass is 217 g/mol. The number of nitrogens with zero attached hydrogens (tertiary/aromatic N) is 2.